The standard InChI is InChI=1S/C23H41NO8/c1-8-18-23(7,32-22(29)30)11-14(3)12-24(21(27)28)16(5)10-13(2)9-15(4)19(25)17(6)20(26)31-18/h13-19,25H,8-12H2,1-7H3,(H,27,28)(H,29,30)/t13?,14-,15?,16-,17?,18?,19?,23+/m1/s1. The highest BCUT2D eigenvalue weighted by Gasteiger charge is 2.43. The van der Waals surface area contributed by atoms with Crippen LogP contribution >= 0.6 is 0 Å². The topological polar surface area (TPSA) is 134 Å². The number of ether oxygens (including phenoxy) is 2. The summed E-state index contributed by atoms with van der Waals surface area (Å²) in [6, 6.07) is -0.261. The third-order valence-corrected chi connectivity index (χ3v) is 6.66. The summed E-state index contributed by atoms with van der Waals surface area (Å²) in [5, 5.41) is 29.9. The van der Waals surface area contributed by atoms with E-state index < -0.39 is 41.9 Å². The molecule has 0 aliphatic carbocycles. The first-order chi connectivity index (χ1) is 14.7. The predicted molar refractivity (Wildman–Crippen MR) is 118 cm³/mol. The van der Waals surface area contributed by atoms with E-state index in [0.29, 0.717) is 19.3 Å². The second-order valence-corrected chi connectivity index (χ2v) is 9.94. The van der Waals surface area contributed by atoms with E-state index in [-0.39, 0.29) is 36.8 Å². The Labute approximate surface area is 191 Å². The van der Waals surface area contributed by atoms with E-state index in [0.717, 1.165) is 0 Å². The molecule has 3 N–H and O–H groups in total. The molecule has 0 aromatic carbocycles. The van der Waals surface area contributed by atoms with Crippen molar-refractivity contribution in [1.29, 1.82) is 0 Å². The van der Waals surface area contributed by atoms with Gasteiger partial charge in [-0.15, -0.1) is 0 Å². The molecule has 0 spiro atoms. The molecule has 0 aromatic heterocycles. The number of carbonyl (C=O) groups is 3. The first kappa shape index (κ1) is 28.0. The van der Waals surface area contributed by atoms with Gasteiger partial charge in [-0.3, -0.25) is 4.79 Å². The van der Waals surface area contributed by atoms with Crippen LogP contribution in [0.4, 0.5) is 9.59 Å². The molecular weight excluding hydrogens is 418 g/mol. The van der Waals surface area contributed by atoms with Gasteiger partial charge in [0.05, 0.1) is 12.0 Å². The van der Waals surface area contributed by atoms with Gasteiger partial charge in [-0.05, 0) is 64.2 Å². The van der Waals surface area contributed by atoms with Gasteiger partial charge in [0.2, 0.25) is 0 Å². The van der Waals surface area contributed by atoms with Crippen LogP contribution in [0.25, 0.3) is 0 Å². The second-order valence-electron chi connectivity index (χ2n) is 9.94. The maximum atomic E-state index is 12.8. The fourth-order valence-electron chi connectivity index (χ4n) is 5.08. The first-order valence-electron chi connectivity index (χ1n) is 11.5. The highest BCUT2D eigenvalue weighted by atomic mass is 16.7. The lowest BCUT2D eigenvalue weighted by Crippen LogP contribution is -2.49. The minimum absolute atomic E-state index is 0.129. The number of carboxylic acid groups (broad SMARTS) is 2. The number of carbonyl (C=O) groups excluding carboxylic acids is 1. The molecule has 9 heteroatoms. The molecule has 5 unspecified atom stereocenters. The molecule has 0 aromatic rings. The maximum Gasteiger partial charge on any atom is 0.506 e. The summed E-state index contributed by atoms with van der Waals surface area (Å²) in [6.07, 6.45) is -2.64. The molecule has 32 heavy (non-hydrogen) atoms. The van der Waals surface area contributed by atoms with Gasteiger partial charge in [-0.2, -0.15) is 0 Å². The molecule has 1 aliphatic heterocycles. The molecule has 0 saturated carbocycles. The van der Waals surface area contributed by atoms with E-state index >= 15 is 0 Å². The maximum absolute atomic E-state index is 12.8. The highest BCUT2D eigenvalue weighted by molar-refractivity contribution is 5.73. The summed E-state index contributed by atoms with van der Waals surface area (Å²) >= 11 is 0. The van der Waals surface area contributed by atoms with Crippen molar-refractivity contribution in [3.63, 3.8) is 0 Å². The summed E-state index contributed by atoms with van der Waals surface area (Å²) in [4.78, 5) is 37.6. The van der Waals surface area contributed by atoms with Crippen molar-refractivity contribution in [2.24, 2.45) is 23.7 Å². The fourth-order valence-corrected chi connectivity index (χ4v) is 5.08. The third-order valence-electron chi connectivity index (χ3n) is 6.66. The van der Waals surface area contributed by atoms with Crippen molar-refractivity contribution in [3.05, 3.63) is 0 Å². The van der Waals surface area contributed by atoms with Crippen LogP contribution in [-0.4, -0.2) is 68.8 Å². The van der Waals surface area contributed by atoms with Crippen molar-refractivity contribution >= 4 is 18.2 Å². The van der Waals surface area contributed by atoms with E-state index in [1.165, 1.54) is 4.90 Å². The smallest absolute Gasteiger partial charge is 0.465 e. The Hall–Kier alpha value is -2.03. The molecule has 9 nitrogen and oxygen atoms in total. The lowest BCUT2D eigenvalue weighted by atomic mass is 9.84. The lowest BCUT2D eigenvalue weighted by molar-refractivity contribution is -0.176. The number of nitrogens with zero attached hydrogens (tertiary/aromatic N) is 1. The number of esters is 1. The van der Waals surface area contributed by atoms with Gasteiger partial charge in [0.25, 0.3) is 0 Å². The zero-order chi connectivity index (χ0) is 24.8. The van der Waals surface area contributed by atoms with Crippen LogP contribution in [0.5, 0.6) is 0 Å². The van der Waals surface area contributed by atoms with E-state index in [2.05, 4.69) is 0 Å². The molecular formula is C23H41NO8. The average molecular weight is 460 g/mol. The van der Waals surface area contributed by atoms with Gasteiger partial charge in [0, 0.05) is 12.6 Å². The molecule has 8 atom stereocenters. The monoisotopic (exact) mass is 459 g/mol. The van der Waals surface area contributed by atoms with Crippen molar-refractivity contribution < 1.29 is 39.2 Å². The number of hydrogen-bond donors (Lipinski definition) is 3. The fraction of sp³-hybridized carbons (Fsp3) is 0.870. The van der Waals surface area contributed by atoms with E-state index in [4.69, 9.17) is 9.47 Å². The van der Waals surface area contributed by atoms with E-state index in [1.807, 2.05) is 27.7 Å². The van der Waals surface area contributed by atoms with Crippen molar-refractivity contribution in [2.75, 3.05) is 6.54 Å². The molecule has 1 saturated heterocycles. The van der Waals surface area contributed by atoms with Crippen LogP contribution in [0.2, 0.25) is 0 Å². The SMILES string of the molecule is CCC1OC(=O)C(C)C(O)C(C)CC(C)C[C@@H](C)N(C(=O)O)C[C@H](C)C[C@]1(C)OC(=O)O. The number of cyclic esters (lactones) is 1. The lowest BCUT2D eigenvalue weighted by Gasteiger charge is -2.38. The van der Waals surface area contributed by atoms with Gasteiger partial charge >= 0.3 is 18.2 Å². The van der Waals surface area contributed by atoms with Gasteiger partial charge in [-0.1, -0.05) is 27.7 Å². The Bertz CT molecular complexity index is 656. The largest absolute Gasteiger partial charge is 0.506 e. The third kappa shape index (κ3) is 7.53. The molecule has 1 aliphatic rings. The van der Waals surface area contributed by atoms with Crippen molar-refractivity contribution in [2.45, 2.75) is 98.0 Å². The quantitative estimate of drug-likeness (QED) is 0.523. The Balaban J connectivity index is 3.38. The summed E-state index contributed by atoms with van der Waals surface area (Å²) in [6.45, 7) is 12.7. The zero-order valence-electron chi connectivity index (χ0n) is 20.4. The van der Waals surface area contributed by atoms with Gasteiger partial charge in [-0.25, -0.2) is 9.59 Å². The second kappa shape index (κ2) is 11.7. The van der Waals surface area contributed by atoms with E-state index in [9.17, 15) is 29.7 Å². The normalized spacial score (nSPS) is 38.2. The molecule has 186 valence electrons. The van der Waals surface area contributed by atoms with Crippen LogP contribution in [0.3, 0.4) is 0 Å². The summed E-state index contributed by atoms with van der Waals surface area (Å²) < 4.78 is 10.9. The molecule has 1 fully saturated rings. The van der Waals surface area contributed by atoms with Gasteiger partial charge in [0.15, 0.2) is 0 Å². The minimum Gasteiger partial charge on any atom is -0.465 e. The van der Waals surface area contributed by atoms with Crippen LogP contribution in [0, 0.1) is 23.7 Å². The van der Waals surface area contributed by atoms with E-state index in [1.54, 1.807) is 20.8 Å². The van der Waals surface area contributed by atoms with Crippen LogP contribution in [-0.2, 0) is 14.3 Å². The summed E-state index contributed by atoms with van der Waals surface area (Å²) in [5.74, 6) is -1.73. The molecule has 1 amide bonds. The van der Waals surface area contributed by atoms with Crippen LogP contribution in [0.15, 0.2) is 0 Å². The van der Waals surface area contributed by atoms with Gasteiger partial charge < -0.3 is 29.7 Å². The Morgan fingerprint density at radius 1 is 1.12 bits per heavy atom. The summed E-state index contributed by atoms with van der Waals surface area (Å²) in [5.41, 5.74) is -1.37. The predicted octanol–water partition coefficient (Wildman–Crippen LogP) is 4.22. The van der Waals surface area contributed by atoms with Crippen molar-refractivity contribution in [3.8, 4) is 0 Å². The average Bonchev–Trinajstić information content (AvgIpc) is 2.66. The van der Waals surface area contributed by atoms with Crippen LogP contribution in [0.1, 0.15) is 74.1 Å². The Morgan fingerprint density at radius 3 is 2.22 bits per heavy atom. The number of aliphatic hydroxyl groups excluding tert-OH is 1. The molecule has 1 heterocycles. The number of hydrogen-bond acceptors (Lipinski definition) is 6. The minimum atomic E-state index is -1.49. The Morgan fingerprint density at radius 2 is 1.72 bits per heavy atom. The summed E-state index contributed by atoms with van der Waals surface area (Å²) in [7, 11) is 0. The molecule has 0 radical (unpaired) electrons. The zero-order valence-corrected chi connectivity index (χ0v) is 20.4. The highest BCUT2D eigenvalue weighted by Crippen LogP contribution is 2.33. The number of amides is 1. The van der Waals surface area contributed by atoms with Crippen molar-refractivity contribution in [1.82, 2.24) is 4.90 Å². The molecule has 0 bridgehead atoms. The Kier molecular flexibility index (Phi) is 10.3. The molecule has 1 rings (SSSR count). The van der Waals surface area contributed by atoms with Gasteiger partial charge in [0.1, 0.15) is 11.7 Å². The van der Waals surface area contributed by atoms with Crippen LogP contribution < -0.4 is 0 Å². The number of aliphatic hydroxyl groups is 1. The first-order valence-corrected chi connectivity index (χ1v) is 11.5. The number of rotatable bonds is 2.